The second-order valence-corrected chi connectivity index (χ2v) is 8.00. The van der Waals surface area contributed by atoms with Crippen molar-refractivity contribution < 1.29 is 4.79 Å². The van der Waals surface area contributed by atoms with Gasteiger partial charge in [0.15, 0.2) is 0 Å². The van der Waals surface area contributed by atoms with Gasteiger partial charge in [-0.3, -0.25) is 9.69 Å². The fourth-order valence-corrected chi connectivity index (χ4v) is 4.16. The minimum atomic E-state index is 0.0143. The van der Waals surface area contributed by atoms with Gasteiger partial charge in [0.1, 0.15) is 10.7 Å². The normalized spacial score (nSPS) is 20.8. The second kappa shape index (κ2) is 7.25. The third-order valence-corrected chi connectivity index (χ3v) is 6.02. The molecule has 140 valence electrons. The summed E-state index contributed by atoms with van der Waals surface area (Å²) in [5, 5.41) is 7.09. The molecule has 2 unspecified atom stereocenters. The number of rotatable bonds is 3. The van der Waals surface area contributed by atoms with E-state index < -0.39 is 0 Å². The molecule has 4 rings (SSSR count). The van der Waals surface area contributed by atoms with E-state index in [1.54, 1.807) is 6.20 Å². The Balaban J connectivity index is 1.54. The number of likely N-dealkylation sites (N-methyl/N-ethyl adjacent to an activating group) is 1. The van der Waals surface area contributed by atoms with Crippen molar-refractivity contribution in [1.29, 1.82) is 0 Å². The lowest BCUT2D eigenvalue weighted by Crippen LogP contribution is -2.56. The molecule has 1 aliphatic rings. The number of piperazine rings is 1. The monoisotopic (exact) mass is 381 g/mol. The molecule has 1 aliphatic heterocycles. The first-order valence-electron chi connectivity index (χ1n) is 9.10. The SMILES string of the molecule is CC1CN(C(=O)c2csc(-c3cnn(-c4ccccc4)c3)n2)C(C)CN1C. The molecule has 1 saturated heterocycles. The Morgan fingerprint density at radius 3 is 2.70 bits per heavy atom. The molecule has 0 bridgehead atoms. The van der Waals surface area contributed by atoms with Gasteiger partial charge in [0, 0.05) is 42.3 Å². The molecule has 27 heavy (non-hydrogen) atoms. The fourth-order valence-electron chi connectivity index (χ4n) is 3.39. The predicted molar refractivity (Wildman–Crippen MR) is 107 cm³/mol. The minimum Gasteiger partial charge on any atom is -0.332 e. The number of carbonyl (C=O) groups excluding carboxylic acids is 1. The molecule has 1 fully saturated rings. The fraction of sp³-hybridized carbons (Fsp3) is 0.350. The third-order valence-electron chi connectivity index (χ3n) is 5.13. The zero-order valence-corrected chi connectivity index (χ0v) is 16.6. The van der Waals surface area contributed by atoms with Gasteiger partial charge < -0.3 is 4.90 Å². The topological polar surface area (TPSA) is 54.3 Å². The summed E-state index contributed by atoms with van der Waals surface area (Å²) in [6, 6.07) is 10.5. The summed E-state index contributed by atoms with van der Waals surface area (Å²) in [5.74, 6) is 0.0143. The molecule has 0 N–H and O–H groups in total. The van der Waals surface area contributed by atoms with E-state index in [1.165, 1.54) is 11.3 Å². The van der Waals surface area contributed by atoms with Crippen LogP contribution in [0.4, 0.5) is 0 Å². The molecule has 0 saturated carbocycles. The van der Waals surface area contributed by atoms with Crippen molar-refractivity contribution in [2.75, 3.05) is 20.1 Å². The first-order valence-corrected chi connectivity index (χ1v) is 9.98. The lowest BCUT2D eigenvalue weighted by Gasteiger charge is -2.42. The Morgan fingerprint density at radius 2 is 1.93 bits per heavy atom. The van der Waals surface area contributed by atoms with Gasteiger partial charge in [-0.15, -0.1) is 11.3 Å². The standard InChI is InChI=1S/C20H23N5OS/c1-14-11-24(15(2)10-23(14)3)20(26)18-13-27-19(22-18)16-9-21-25(12-16)17-7-5-4-6-8-17/h4-9,12-15H,10-11H2,1-3H3. The van der Waals surface area contributed by atoms with E-state index in [-0.39, 0.29) is 11.9 Å². The molecule has 2 aromatic heterocycles. The quantitative estimate of drug-likeness (QED) is 0.699. The van der Waals surface area contributed by atoms with Gasteiger partial charge in [0.05, 0.1) is 11.9 Å². The average molecular weight is 382 g/mol. The van der Waals surface area contributed by atoms with Crippen molar-refractivity contribution >= 4 is 17.2 Å². The molecular weight excluding hydrogens is 358 g/mol. The van der Waals surface area contributed by atoms with Gasteiger partial charge >= 0.3 is 0 Å². The molecule has 0 spiro atoms. The van der Waals surface area contributed by atoms with E-state index in [9.17, 15) is 4.79 Å². The smallest absolute Gasteiger partial charge is 0.273 e. The first kappa shape index (κ1) is 17.9. The van der Waals surface area contributed by atoms with Crippen LogP contribution in [0.15, 0.2) is 48.1 Å². The van der Waals surface area contributed by atoms with Crippen molar-refractivity contribution in [2.24, 2.45) is 0 Å². The summed E-state index contributed by atoms with van der Waals surface area (Å²) in [6.45, 7) is 5.86. The Bertz CT molecular complexity index is 935. The van der Waals surface area contributed by atoms with Crippen molar-refractivity contribution in [1.82, 2.24) is 24.6 Å². The van der Waals surface area contributed by atoms with Gasteiger partial charge in [-0.25, -0.2) is 9.67 Å². The molecule has 0 radical (unpaired) electrons. The summed E-state index contributed by atoms with van der Waals surface area (Å²) < 4.78 is 1.82. The van der Waals surface area contributed by atoms with Crippen molar-refractivity contribution in [3.63, 3.8) is 0 Å². The summed E-state index contributed by atoms with van der Waals surface area (Å²) in [6.07, 6.45) is 3.74. The number of carbonyl (C=O) groups is 1. The van der Waals surface area contributed by atoms with Crippen LogP contribution < -0.4 is 0 Å². The maximum Gasteiger partial charge on any atom is 0.273 e. The number of thiazole rings is 1. The zero-order chi connectivity index (χ0) is 19.0. The Labute approximate surface area is 163 Å². The van der Waals surface area contributed by atoms with E-state index in [4.69, 9.17) is 0 Å². The molecule has 3 heterocycles. The van der Waals surface area contributed by atoms with Gasteiger partial charge in [0.2, 0.25) is 0 Å². The van der Waals surface area contributed by atoms with Gasteiger partial charge in [-0.1, -0.05) is 18.2 Å². The molecule has 7 heteroatoms. The highest BCUT2D eigenvalue weighted by Crippen LogP contribution is 2.26. The van der Waals surface area contributed by atoms with Crippen molar-refractivity contribution in [3.8, 4) is 16.3 Å². The lowest BCUT2D eigenvalue weighted by molar-refractivity contribution is 0.0393. The van der Waals surface area contributed by atoms with Crippen LogP contribution in [-0.4, -0.2) is 62.7 Å². The molecule has 1 aromatic carbocycles. The number of para-hydroxylation sites is 1. The number of hydrogen-bond donors (Lipinski definition) is 0. The lowest BCUT2D eigenvalue weighted by atomic mass is 10.1. The number of hydrogen-bond acceptors (Lipinski definition) is 5. The van der Waals surface area contributed by atoms with E-state index >= 15 is 0 Å². The Morgan fingerprint density at radius 1 is 1.15 bits per heavy atom. The van der Waals surface area contributed by atoms with Crippen LogP contribution in [0, 0.1) is 0 Å². The molecule has 6 nitrogen and oxygen atoms in total. The Hall–Kier alpha value is -2.51. The van der Waals surface area contributed by atoms with Gasteiger partial charge in [-0.2, -0.15) is 5.10 Å². The summed E-state index contributed by atoms with van der Waals surface area (Å²) in [7, 11) is 2.11. The maximum absolute atomic E-state index is 13.0. The van der Waals surface area contributed by atoms with Crippen molar-refractivity contribution in [3.05, 3.63) is 53.8 Å². The first-order chi connectivity index (χ1) is 13.0. The van der Waals surface area contributed by atoms with Crippen molar-refractivity contribution in [2.45, 2.75) is 25.9 Å². The van der Waals surface area contributed by atoms with Crippen LogP contribution in [0.5, 0.6) is 0 Å². The summed E-state index contributed by atoms with van der Waals surface area (Å²) in [4.78, 5) is 21.8. The van der Waals surface area contributed by atoms with Crippen LogP contribution >= 0.6 is 11.3 Å². The van der Waals surface area contributed by atoms with Crippen LogP contribution in [0.2, 0.25) is 0 Å². The minimum absolute atomic E-state index is 0.0143. The van der Waals surface area contributed by atoms with Gasteiger partial charge in [0.25, 0.3) is 5.91 Å². The van der Waals surface area contributed by atoms with Crippen LogP contribution in [0.1, 0.15) is 24.3 Å². The van der Waals surface area contributed by atoms with Crippen LogP contribution in [-0.2, 0) is 0 Å². The maximum atomic E-state index is 13.0. The largest absolute Gasteiger partial charge is 0.332 e. The molecule has 0 aliphatic carbocycles. The number of amides is 1. The predicted octanol–water partition coefficient (Wildman–Crippen LogP) is 3.16. The number of aromatic nitrogens is 3. The highest BCUT2D eigenvalue weighted by Gasteiger charge is 2.31. The third kappa shape index (κ3) is 3.52. The number of nitrogens with zero attached hydrogens (tertiary/aromatic N) is 5. The molecule has 3 aromatic rings. The summed E-state index contributed by atoms with van der Waals surface area (Å²) in [5.41, 5.74) is 2.44. The van der Waals surface area contributed by atoms with E-state index in [2.05, 4.69) is 35.9 Å². The molecular formula is C20H23N5OS. The average Bonchev–Trinajstić information content (AvgIpc) is 3.34. The molecule has 1 amide bonds. The van der Waals surface area contributed by atoms with E-state index in [0.717, 1.165) is 29.3 Å². The Kier molecular flexibility index (Phi) is 4.80. The van der Waals surface area contributed by atoms with E-state index in [1.807, 2.05) is 51.5 Å². The van der Waals surface area contributed by atoms with Gasteiger partial charge in [-0.05, 0) is 33.0 Å². The second-order valence-electron chi connectivity index (χ2n) is 7.14. The zero-order valence-electron chi connectivity index (χ0n) is 15.7. The van der Waals surface area contributed by atoms with E-state index in [0.29, 0.717) is 11.7 Å². The summed E-state index contributed by atoms with van der Waals surface area (Å²) >= 11 is 1.48. The highest BCUT2D eigenvalue weighted by atomic mass is 32.1. The molecule has 2 atom stereocenters. The highest BCUT2D eigenvalue weighted by molar-refractivity contribution is 7.13. The number of benzene rings is 1. The van der Waals surface area contributed by atoms with Crippen LogP contribution in [0.3, 0.4) is 0 Å². The van der Waals surface area contributed by atoms with Crippen LogP contribution in [0.25, 0.3) is 16.3 Å².